The number of carboxylic acids is 1. The number of nitrogens with two attached hydrogens (primary N) is 1. The van der Waals surface area contributed by atoms with E-state index >= 15 is 0 Å². The van der Waals surface area contributed by atoms with Gasteiger partial charge in [-0.05, 0) is 24.1 Å². The average molecular weight is 262 g/mol. The van der Waals surface area contributed by atoms with Gasteiger partial charge in [-0.1, -0.05) is 12.1 Å². The zero-order chi connectivity index (χ0) is 9.84. The van der Waals surface area contributed by atoms with Crippen LogP contribution in [0.1, 0.15) is 5.56 Å². The summed E-state index contributed by atoms with van der Waals surface area (Å²) in [6.45, 7) is 0. The Morgan fingerprint density at radius 2 is 1.86 bits per heavy atom. The fraction of sp³-hybridized carbons (Fsp3) is 0.222. The van der Waals surface area contributed by atoms with E-state index < -0.39 is 12.0 Å². The van der Waals surface area contributed by atoms with Crippen molar-refractivity contribution in [2.45, 2.75) is 12.5 Å². The summed E-state index contributed by atoms with van der Waals surface area (Å²) in [6, 6.07) is 5.42. The maximum atomic E-state index is 10.4. The Bertz CT molecular complexity index is 299. The van der Waals surface area contributed by atoms with E-state index in [0.29, 0.717) is 0 Å². The molecule has 0 spiro atoms. The summed E-state index contributed by atoms with van der Waals surface area (Å²) in [5, 5.41) is 17.5. The molecule has 0 radical (unpaired) electrons. The van der Waals surface area contributed by atoms with Crippen LogP contribution in [-0.4, -0.2) is 22.2 Å². The summed E-state index contributed by atoms with van der Waals surface area (Å²) in [4.78, 5) is 10.4. The topological polar surface area (TPSA) is 83.5 Å². The molecule has 5 heteroatoms. The summed E-state index contributed by atoms with van der Waals surface area (Å²) in [5.41, 5.74) is 6.12. The Labute approximate surface area is 92.1 Å². The number of halogens is 1. The lowest BCUT2D eigenvalue weighted by atomic mass is 10.1. The van der Waals surface area contributed by atoms with Gasteiger partial charge < -0.3 is 15.9 Å². The molecule has 0 aliphatic carbocycles. The first kappa shape index (κ1) is 12.9. The summed E-state index contributed by atoms with van der Waals surface area (Å²) >= 11 is 0. The molecule has 1 rings (SSSR count). The van der Waals surface area contributed by atoms with Crippen molar-refractivity contribution in [3.8, 4) is 5.75 Å². The van der Waals surface area contributed by atoms with Gasteiger partial charge in [0.05, 0.1) is 0 Å². The Hall–Kier alpha value is -1.07. The van der Waals surface area contributed by atoms with Crippen LogP contribution in [0.2, 0.25) is 0 Å². The van der Waals surface area contributed by atoms with Crippen LogP contribution in [-0.2, 0) is 11.2 Å². The third kappa shape index (κ3) is 3.76. The quantitative estimate of drug-likeness (QED) is 0.756. The Morgan fingerprint density at radius 3 is 2.29 bits per heavy atom. The van der Waals surface area contributed by atoms with Gasteiger partial charge in [-0.15, -0.1) is 17.0 Å². The van der Waals surface area contributed by atoms with Crippen LogP contribution in [0.15, 0.2) is 24.3 Å². The largest absolute Gasteiger partial charge is 0.508 e. The molecule has 0 saturated heterocycles. The summed E-state index contributed by atoms with van der Waals surface area (Å²) in [7, 11) is 0. The highest BCUT2D eigenvalue weighted by Crippen LogP contribution is 2.10. The van der Waals surface area contributed by atoms with E-state index in [9.17, 15) is 4.79 Å². The SMILES string of the molecule is Br.N[C@@H](Cc1ccc(O)cc1)C(=O)O. The molecule has 0 aromatic heterocycles. The van der Waals surface area contributed by atoms with Gasteiger partial charge in [0.2, 0.25) is 0 Å². The first-order valence-corrected chi connectivity index (χ1v) is 3.86. The third-order valence-electron chi connectivity index (χ3n) is 1.71. The monoisotopic (exact) mass is 261 g/mol. The summed E-state index contributed by atoms with van der Waals surface area (Å²) in [5.74, 6) is -0.860. The molecule has 0 aliphatic rings. The number of benzene rings is 1. The molecule has 1 aromatic carbocycles. The molecule has 78 valence electrons. The Balaban J connectivity index is 0.00000169. The molecule has 0 heterocycles. The second-order valence-electron chi connectivity index (χ2n) is 2.82. The van der Waals surface area contributed by atoms with Crippen molar-refractivity contribution in [2.75, 3.05) is 0 Å². The number of carboxylic acid groups (broad SMARTS) is 1. The molecule has 0 amide bonds. The van der Waals surface area contributed by atoms with Crippen molar-refractivity contribution in [1.29, 1.82) is 0 Å². The van der Waals surface area contributed by atoms with Gasteiger partial charge in [0, 0.05) is 0 Å². The third-order valence-corrected chi connectivity index (χ3v) is 1.71. The first-order chi connectivity index (χ1) is 6.09. The van der Waals surface area contributed by atoms with Crippen molar-refractivity contribution in [2.24, 2.45) is 5.73 Å². The van der Waals surface area contributed by atoms with Gasteiger partial charge >= 0.3 is 5.97 Å². The lowest BCUT2D eigenvalue weighted by Crippen LogP contribution is -2.32. The van der Waals surface area contributed by atoms with E-state index in [1.165, 1.54) is 12.1 Å². The van der Waals surface area contributed by atoms with Gasteiger partial charge in [0.1, 0.15) is 11.8 Å². The zero-order valence-electron chi connectivity index (χ0n) is 7.38. The van der Waals surface area contributed by atoms with Crippen LogP contribution in [0.25, 0.3) is 0 Å². The molecular weight excluding hydrogens is 250 g/mol. The predicted molar refractivity (Wildman–Crippen MR) is 57.7 cm³/mol. The summed E-state index contributed by atoms with van der Waals surface area (Å²) < 4.78 is 0. The van der Waals surface area contributed by atoms with Crippen molar-refractivity contribution in [1.82, 2.24) is 0 Å². The second-order valence-corrected chi connectivity index (χ2v) is 2.82. The number of carbonyl (C=O) groups is 1. The number of hydrogen-bond donors (Lipinski definition) is 3. The van der Waals surface area contributed by atoms with Gasteiger partial charge in [0.25, 0.3) is 0 Å². The van der Waals surface area contributed by atoms with Crippen LogP contribution in [0.5, 0.6) is 5.75 Å². The van der Waals surface area contributed by atoms with Crippen molar-refractivity contribution >= 4 is 23.0 Å². The van der Waals surface area contributed by atoms with Crippen LogP contribution < -0.4 is 5.73 Å². The first-order valence-electron chi connectivity index (χ1n) is 3.86. The molecule has 1 aromatic rings. The number of phenolic OH excluding ortho intramolecular Hbond substituents is 1. The maximum absolute atomic E-state index is 10.4. The van der Waals surface area contributed by atoms with Gasteiger partial charge in [-0.2, -0.15) is 0 Å². The van der Waals surface area contributed by atoms with Gasteiger partial charge in [0.15, 0.2) is 0 Å². The number of rotatable bonds is 3. The Kier molecular flexibility index (Phi) is 5.19. The van der Waals surface area contributed by atoms with Crippen molar-refractivity contribution in [3.63, 3.8) is 0 Å². The second kappa shape index (κ2) is 5.62. The minimum Gasteiger partial charge on any atom is -0.508 e. The highest BCUT2D eigenvalue weighted by Gasteiger charge is 2.11. The number of aromatic hydroxyl groups is 1. The lowest BCUT2D eigenvalue weighted by molar-refractivity contribution is -0.138. The predicted octanol–water partition coefficient (Wildman–Crippen LogP) is 0.925. The van der Waals surface area contributed by atoms with E-state index in [-0.39, 0.29) is 29.2 Å². The molecule has 0 bridgehead atoms. The van der Waals surface area contributed by atoms with E-state index in [2.05, 4.69) is 0 Å². The van der Waals surface area contributed by atoms with E-state index in [1.807, 2.05) is 0 Å². The molecule has 4 N–H and O–H groups in total. The molecular formula is C9H12BrNO3. The lowest BCUT2D eigenvalue weighted by Gasteiger charge is -2.05. The van der Waals surface area contributed by atoms with Crippen LogP contribution >= 0.6 is 17.0 Å². The molecule has 0 fully saturated rings. The van der Waals surface area contributed by atoms with E-state index in [0.717, 1.165) is 5.56 Å². The number of phenols is 1. The van der Waals surface area contributed by atoms with Crippen molar-refractivity contribution in [3.05, 3.63) is 29.8 Å². The number of hydrogen-bond acceptors (Lipinski definition) is 3. The minimum absolute atomic E-state index is 0. The highest BCUT2D eigenvalue weighted by molar-refractivity contribution is 8.93. The molecule has 1 atom stereocenters. The van der Waals surface area contributed by atoms with Crippen LogP contribution in [0.3, 0.4) is 0 Å². The minimum atomic E-state index is -1.02. The molecule has 0 saturated carbocycles. The standard InChI is InChI=1S/C9H11NO3.BrH/c10-8(9(12)13)5-6-1-3-7(11)4-2-6;/h1-4,8,11H,5,10H2,(H,12,13);1H/t8-;/m0./s1. The van der Waals surface area contributed by atoms with Crippen molar-refractivity contribution < 1.29 is 15.0 Å². The van der Waals surface area contributed by atoms with Gasteiger partial charge in [-0.3, -0.25) is 4.79 Å². The average Bonchev–Trinajstić information content (AvgIpc) is 2.08. The molecule has 4 nitrogen and oxygen atoms in total. The van der Waals surface area contributed by atoms with Crippen LogP contribution in [0, 0.1) is 0 Å². The molecule has 0 aliphatic heterocycles. The fourth-order valence-electron chi connectivity index (χ4n) is 0.973. The number of aliphatic carboxylic acids is 1. The fourth-order valence-corrected chi connectivity index (χ4v) is 0.973. The highest BCUT2D eigenvalue weighted by atomic mass is 79.9. The zero-order valence-corrected chi connectivity index (χ0v) is 9.10. The molecule has 0 unspecified atom stereocenters. The van der Waals surface area contributed by atoms with Gasteiger partial charge in [-0.25, -0.2) is 0 Å². The van der Waals surface area contributed by atoms with E-state index in [1.54, 1.807) is 12.1 Å². The van der Waals surface area contributed by atoms with E-state index in [4.69, 9.17) is 15.9 Å². The van der Waals surface area contributed by atoms with Crippen LogP contribution in [0.4, 0.5) is 0 Å². The Morgan fingerprint density at radius 1 is 1.36 bits per heavy atom. The smallest absolute Gasteiger partial charge is 0.320 e. The maximum Gasteiger partial charge on any atom is 0.320 e. The summed E-state index contributed by atoms with van der Waals surface area (Å²) in [6.07, 6.45) is 0.273. The molecule has 14 heavy (non-hydrogen) atoms. The normalized spacial score (nSPS) is 11.5.